The van der Waals surface area contributed by atoms with E-state index in [-0.39, 0.29) is 10.8 Å². The number of hydrogen-bond donors (Lipinski definition) is 1. The van der Waals surface area contributed by atoms with Gasteiger partial charge in [-0.1, -0.05) is 60.5 Å². The molecule has 1 aliphatic rings. The Morgan fingerprint density at radius 2 is 1.63 bits per heavy atom. The number of benzene rings is 3. The van der Waals surface area contributed by atoms with E-state index < -0.39 is 10.0 Å². The Labute approximate surface area is 205 Å². The first-order valence-electron chi connectivity index (χ1n) is 11.8. The standard InChI is InChI=1S/C28H27N3O3S/c1-20-12-14-21(15-13-20)27-19-25(24-10-3-4-11-26(24)30-27)28(32)29-22-8-7-9-23(18-22)35(33,34)31-16-5-2-6-17-31/h3-4,7-15,18-19H,2,5-6,16-17H2,1H3,(H,29,32). The highest BCUT2D eigenvalue weighted by Crippen LogP contribution is 2.27. The van der Waals surface area contributed by atoms with Crippen molar-refractivity contribution < 1.29 is 13.2 Å². The van der Waals surface area contributed by atoms with Gasteiger partial charge in [-0.15, -0.1) is 0 Å². The number of piperidine rings is 1. The van der Waals surface area contributed by atoms with Gasteiger partial charge in [-0.05, 0) is 50.1 Å². The van der Waals surface area contributed by atoms with Crippen molar-refractivity contribution in [1.29, 1.82) is 0 Å². The van der Waals surface area contributed by atoms with Crippen LogP contribution in [0.2, 0.25) is 0 Å². The van der Waals surface area contributed by atoms with Crippen LogP contribution in [0.4, 0.5) is 5.69 Å². The molecule has 0 spiro atoms. The van der Waals surface area contributed by atoms with Crippen molar-refractivity contribution in [1.82, 2.24) is 9.29 Å². The molecule has 1 N–H and O–H groups in total. The first-order chi connectivity index (χ1) is 16.9. The Balaban J connectivity index is 1.48. The second-order valence-corrected chi connectivity index (χ2v) is 10.8. The number of anilines is 1. The monoisotopic (exact) mass is 485 g/mol. The molecule has 0 bridgehead atoms. The molecule has 4 aromatic rings. The van der Waals surface area contributed by atoms with Gasteiger partial charge in [0.15, 0.2) is 0 Å². The predicted molar refractivity (Wildman–Crippen MR) is 139 cm³/mol. The van der Waals surface area contributed by atoms with Gasteiger partial charge in [0.2, 0.25) is 10.0 Å². The Bertz CT molecular complexity index is 1490. The maximum atomic E-state index is 13.4. The number of hydrogen-bond acceptors (Lipinski definition) is 4. The summed E-state index contributed by atoms with van der Waals surface area (Å²) in [6, 6.07) is 23.8. The molecule has 0 saturated carbocycles. The quantitative estimate of drug-likeness (QED) is 0.397. The first-order valence-corrected chi connectivity index (χ1v) is 13.2. The maximum Gasteiger partial charge on any atom is 0.256 e. The molecule has 0 atom stereocenters. The maximum absolute atomic E-state index is 13.4. The van der Waals surface area contributed by atoms with E-state index in [1.807, 2.05) is 55.5 Å². The predicted octanol–water partition coefficient (Wildman–Crippen LogP) is 5.64. The van der Waals surface area contributed by atoms with Crippen molar-refractivity contribution in [3.63, 3.8) is 0 Å². The molecule has 1 fully saturated rings. The summed E-state index contributed by atoms with van der Waals surface area (Å²) in [6.07, 6.45) is 2.79. The van der Waals surface area contributed by atoms with Crippen LogP contribution in [-0.4, -0.2) is 36.7 Å². The minimum Gasteiger partial charge on any atom is -0.322 e. The summed E-state index contributed by atoms with van der Waals surface area (Å²) in [4.78, 5) is 18.4. The molecule has 0 radical (unpaired) electrons. The Morgan fingerprint density at radius 3 is 2.40 bits per heavy atom. The Hall–Kier alpha value is -3.55. The fourth-order valence-electron chi connectivity index (χ4n) is 4.42. The molecule has 3 aromatic carbocycles. The average Bonchev–Trinajstić information content (AvgIpc) is 2.89. The third kappa shape index (κ3) is 4.83. The number of rotatable bonds is 5. The highest BCUT2D eigenvalue weighted by Gasteiger charge is 2.26. The summed E-state index contributed by atoms with van der Waals surface area (Å²) in [5.74, 6) is -0.315. The Kier molecular flexibility index (Phi) is 6.36. The van der Waals surface area contributed by atoms with E-state index in [1.54, 1.807) is 24.3 Å². The first kappa shape index (κ1) is 23.2. The largest absolute Gasteiger partial charge is 0.322 e. The van der Waals surface area contributed by atoms with E-state index in [4.69, 9.17) is 4.98 Å². The van der Waals surface area contributed by atoms with Crippen LogP contribution in [0.3, 0.4) is 0 Å². The third-order valence-corrected chi connectivity index (χ3v) is 8.25. The van der Waals surface area contributed by atoms with Gasteiger partial charge in [-0.25, -0.2) is 13.4 Å². The van der Waals surface area contributed by atoms with Crippen molar-refractivity contribution >= 4 is 32.5 Å². The van der Waals surface area contributed by atoms with Crippen molar-refractivity contribution in [3.8, 4) is 11.3 Å². The summed E-state index contributed by atoms with van der Waals surface area (Å²) in [7, 11) is -3.59. The number of fused-ring (bicyclic) bond motifs is 1. The fourth-order valence-corrected chi connectivity index (χ4v) is 5.99. The van der Waals surface area contributed by atoms with Gasteiger partial charge < -0.3 is 5.32 Å². The molecule has 1 aliphatic heterocycles. The number of aromatic nitrogens is 1. The molecule has 0 unspecified atom stereocenters. The summed E-state index contributed by atoms with van der Waals surface area (Å²) in [5, 5.41) is 3.64. The zero-order valence-electron chi connectivity index (χ0n) is 19.6. The van der Waals surface area contributed by atoms with Crippen LogP contribution in [0.15, 0.2) is 83.8 Å². The van der Waals surface area contributed by atoms with Gasteiger partial charge in [0.25, 0.3) is 5.91 Å². The molecule has 5 rings (SSSR count). The third-order valence-electron chi connectivity index (χ3n) is 6.35. The van der Waals surface area contributed by atoms with Crippen LogP contribution >= 0.6 is 0 Å². The van der Waals surface area contributed by atoms with Gasteiger partial charge in [0.05, 0.1) is 21.7 Å². The molecule has 178 valence electrons. The van der Waals surface area contributed by atoms with Crippen LogP contribution < -0.4 is 5.32 Å². The van der Waals surface area contributed by atoms with E-state index in [0.717, 1.165) is 41.3 Å². The number of nitrogens with zero attached hydrogens (tertiary/aromatic N) is 2. The zero-order chi connectivity index (χ0) is 24.4. The molecular formula is C28H27N3O3S. The lowest BCUT2D eigenvalue weighted by Gasteiger charge is -2.26. The molecule has 6 nitrogen and oxygen atoms in total. The minimum absolute atomic E-state index is 0.192. The van der Waals surface area contributed by atoms with E-state index in [0.29, 0.717) is 30.0 Å². The highest BCUT2D eigenvalue weighted by molar-refractivity contribution is 7.89. The number of aryl methyl sites for hydroxylation is 1. The van der Waals surface area contributed by atoms with Crippen LogP contribution in [0.5, 0.6) is 0 Å². The smallest absolute Gasteiger partial charge is 0.256 e. The summed E-state index contributed by atoms with van der Waals surface area (Å²) < 4.78 is 27.7. The van der Waals surface area contributed by atoms with E-state index in [9.17, 15) is 13.2 Å². The molecular weight excluding hydrogens is 458 g/mol. The van der Waals surface area contributed by atoms with Gasteiger partial charge in [-0.2, -0.15) is 4.31 Å². The number of carbonyl (C=O) groups is 1. The lowest BCUT2D eigenvalue weighted by molar-refractivity contribution is 0.102. The number of sulfonamides is 1. The second kappa shape index (κ2) is 9.60. The summed E-state index contributed by atoms with van der Waals surface area (Å²) >= 11 is 0. The summed E-state index contributed by atoms with van der Waals surface area (Å²) in [6.45, 7) is 3.09. The highest BCUT2D eigenvalue weighted by atomic mass is 32.2. The van der Waals surface area contributed by atoms with Gasteiger partial charge in [-0.3, -0.25) is 4.79 Å². The molecule has 0 aliphatic carbocycles. The molecule has 1 aromatic heterocycles. The number of carbonyl (C=O) groups excluding carboxylic acids is 1. The van der Waals surface area contributed by atoms with Crippen LogP contribution in [0, 0.1) is 6.92 Å². The molecule has 7 heteroatoms. The second-order valence-electron chi connectivity index (χ2n) is 8.88. The molecule has 1 saturated heterocycles. The Morgan fingerprint density at radius 1 is 0.886 bits per heavy atom. The lowest BCUT2D eigenvalue weighted by Crippen LogP contribution is -2.35. The number of amides is 1. The topological polar surface area (TPSA) is 79.4 Å². The van der Waals surface area contributed by atoms with Crippen molar-refractivity contribution in [2.75, 3.05) is 18.4 Å². The van der Waals surface area contributed by atoms with E-state index >= 15 is 0 Å². The lowest BCUT2D eigenvalue weighted by atomic mass is 10.0. The van der Waals surface area contributed by atoms with Gasteiger partial charge in [0.1, 0.15) is 0 Å². The van der Waals surface area contributed by atoms with Crippen LogP contribution in [0.1, 0.15) is 35.2 Å². The summed E-state index contributed by atoms with van der Waals surface area (Å²) in [5.41, 5.74) is 4.41. The average molecular weight is 486 g/mol. The van der Waals surface area contributed by atoms with E-state index in [2.05, 4.69) is 5.32 Å². The van der Waals surface area contributed by atoms with E-state index in [1.165, 1.54) is 10.4 Å². The molecule has 1 amide bonds. The number of pyridine rings is 1. The molecule has 35 heavy (non-hydrogen) atoms. The normalized spacial score (nSPS) is 14.7. The van der Waals surface area contributed by atoms with Crippen molar-refractivity contribution in [2.45, 2.75) is 31.1 Å². The van der Waals surface area contributed by atoms with Crippen molar-refractivity contribution in [3.05, 3.63) is 90.0 Å². The van der Waals surface area contributed by atoms with Crippen LogP contribution in [-0.2, 0) is 10.0 Å². The van der Waals surface area contributed by atoms with Crippen LogP contribution in [0.25, 0.3) is 22.2 Å². The van der Waals surface area contributed by atoms with Crippen molar-refractivity contribution in [2.24, 2.45) is 0 Å². The molecule has 2 heterocycles. The number of nitrogens with one attached hydrogen (secondary N) is 1. The fraction of sp³-hybridized carbons (Fsp3) is 0.214. The van der Waals surface area contributed by atoms with Gasteiger partial charge in [0, 0.05) is 29.7 Å². The number of para-hydroxylation sites is 1. The van der Waals surface area contributed by atoms with Gasteiger partial charge >= 0.3 is 0 Å². The zero-order valence-corrected chi connectivity index (χ0v) is 20.4. The SMILES string of the molecule is Cc1ccc(-c2cc(C(=O)Nc3cccc(S(=O)(=O)N4CCCCC4)c3)c3ccccc3n2)cc1. The minimum atomic E-state index is -3.59.